The van der Waals surface area contributed by atoms with Crippen LogP contribution in [0.1, 0.15) is 11.1 Å². The summed E-state index contributed by atoms with van der Waals surface area (Å²) in [5.74, 6) is 1.80. The van der Waals surface area contributed by atoms with Gasteiger partial charge in [-0.1, -0.05) is 11.6 Å². The summed E-state index contributed by atoms with van der Waals surface area (Å²) in [7, 11) is 0. The first-order valence-corrected chi connectivity index (χ1v) is 8.23. The standard InChI is InChI=1S/C19H15ClO5/c1-11-6-18(21)25-16-9-13(2-3-14(11)16)24-10-12-7-15(20)19-17(8-12)22-4-5-23-19/h2-3,6-9H,4-5,10H2,1H3. The lowest BCUT2D eigenvalue weighted by Gasteiger charge is -2.20. The minimum atomic E-state index is -0.374. The van der Waals surface area contributed by atoms with Gasteiger partial charge in [0.05, 0.1) is 5.02 Å². The zero-order chi connectivity index (χ0) is 17.4. The third-order valence-corrected chi connectivity index (χ3v) is 4.27. The minimum Gasteiger partial charge on any atom is -0.489 e. The lowest BCUT2D eigenvalue weighted by atomic mass is 10.1. The van der Waals surface area contributed by atoms with Crippen LogP contribution < -0.4 is 19.8 Å². The number of halogens is 1. The fourth-order valence-corrected chi connectivity index (χ4v) is 3.10. The van der Waals surface area contributed by atoms with E-state index in [1.165, 1.54) is 6.07 Å². The molecule has 0 radical (unpaired) electrons. The normalized spacial score (nSPS) is 13.0. The third-order valence-electron chi connectivity index (χ3n) is 3.98. The van der Waals surface area contributed by atoms with E-state index in [0.717, 1.165) is 16.5 Å². The summed E-state index contributed by atoms with van der Waals surface area (Å²) >= 11 is 6.23. The van der Waals surface area contributed by atoms with Gasteiger partial charge in [-0.3, -0.25) is 0 Å². The summed E-state index contributed by atoms with van der Waals surface area (Å²) in [5, 5.41) is 1.38. The van der Waals surface area contributed by atoms with E-state index in [-0.39, 0.29) is 5.63 Å². The van der Waals surface area contributed by atoms with Gasteiger partial charge in [-0.2, -0.15) is 0 Å². The van der Waals surface area contributed by atoms with E-state index >= 15 is 0 Å². The van der Waals surface area contributed by atoms with Crippen molar-refractivity contribution in [2.45, 2.75) is 13.5 Å². The first kappa shape index (κ1) is 15.8. The Kier molecular flexibility index (Phi) is 4.01. The van der Waals surface area contributed by atoms with Gasteiger partial charge < -0.3 is 18.6 Å². The number of benzene rings is 2. The van der Waals surface area contributed by atoms with E-state index in [1.54, 1.807) is 12.1 Å². The molecule has 2 aromatic carbocycles. The van der Waals surface area contributed by atoms with Crippen molar-refractivity contribution >= 4 is 22.6 Å². The van der Waals surface area contributed by atoms with Crippen LogP contribution >= 0.6 is 11.6 Å². The fourth-order valence-electron chi connectivity index (χ4n) is 2.81. The zero-order valence-electron chi connectivity index (χ0n) is 13.5. The quantitative estimate of drug-likeness (QED) is 0.659. The van der Waals surface area contributed by atoms with Crippen LogP contribution in [-0.4, -0.2) is 13.2 Å². The summed E-state index contributed by atoms with van der Waals surface area (Å²) in [5.41, 5.74) is 1.86. The summed E-state index contributed by atoms with van der Waals surface area (Å²) in [4.78, 5) is 11.5. The highest BCUT2D eigenvalue weighted by Gasteiger charge is 2.17. The molecule has 0 unspecified atom stereocenters. The summed E-state index contributed by atoms with van der Waals surface area (Å²) < 4.78 is 22.1. The van der Waals surface area contributed by atoms with Crippen molar-refractivity contribution < 1.29 is 18.6 Å². The molecule has 1 aromatic heterocycles. The van der Waals surface area contributed by atoms with E-state index in [2.05, 4.69) is 0 Å². The van der Waals surface area contributed by atoms with Crippen molar-refractivity contribution in [1.82, 2.24) is 0 Å². The lowest BCUT2D eigenvalue weighted by Crippen LogP contribution is -2.16. The number of fused-ring (bicyclic) bond motifs is 2. The van der Waals surface area contributed by atoms with Gasteiger partial charge in [0.1, 0.15) is 31.2 Å². The van der Waals surface area contributed by atoms with E-state index in [9.17, 15) is 4.79 Å². The van der Waals surface area contributed by atoms with Crippen molar-refractivity contribution in [2.24, 2.45) is 0 Å². The zero-order valence-corrected chi connectivity index (χ0v) is 14.3. The van der Waals surface area contributed by atoms with Gasteiger partial charge in [0.25, 0.3) is 0 Å². The molecule has 0 saturated carbocycles. The maximum Gasteiger partial charge on any atom is 0.336 e. The second-order valence-corrected chi connectivity index (χ2v) is 6.20. The molecule has 6 heteroatoms. The van der Waals surface area contributed by atoms with E-state index in [0.29, 0.717) is 47.7 Å². The van der Waals surface area contributed by atoms with Crippen LogP contribution in [0.15, 0.2) is 45.6 Å². The molecule has 0 spiro atoms. The van der Waals surface area contributed by atoms with Gasteiger partial charge in [0, 0.05) is 17.5 Å². The molecule has 3 aromatic rings. The summed E-state index contributed by atoms with van der Waals surface area (Å²) in [6.07, 6.45) is 0. The highest BCUT2D eigenvalue weighted by molar-refractivity contribution is 6.32. The van der Waals surface area contributed by atoms with Crippen molar-refractivity contribution in [2.75, 3.05) is 13.2 Å². The van der Waals surface area contributed by atoms with Gasteiger partial charge >= 0.3 is 5.63 Å². The second-order valence-electron chi connectivity index (χ2n) is 5.80. The van der Waals surface area contributed by atoms with E-state index < -0.39 is 0 Å². The molecular formula is C19H15ClO5. The first-order valence-electron chi connectivity index (χ1n) is 7.85. The van der Waals surface area contributed by atoms with Crippen LogP contribution in [0, 0.1) is 6.92 Å². The predicted molar refractivity (Wildman–Crippen MR) is 94.0 cm³/mol. The topological polar surface area (TPSA) is 57.9 Å². The van der Waals surface area contributed by atoms with Crippen LogP contribution in [0.3, 0.4) is 0 Å². The highest BCUT2D eigenvalue weighted by atomic mass is 35.5. The molecule has 2 heterocycles. The van der Waals surface area contributed by atoms with Crippen LogP contribution in [0.4, 0.5) is 0 Å². The maximum atomic E-state index is 11.5. The first-order chi connectivity index (χ1) is 12.1. The molecule has 5 nitrogen and oxygen atoms in total. The number of rotatable bonds is 3. The predicted octanol–water partition coefficient (Wildman–Crippen LogP) is 4.11. The molecule has 0 fully saturated rings. The SMILES string of the molecule is Cc1cc(=O)oc2cc(OCc3cc(Cl)c4c(c3)OCCO4)ccc12. The Bertz CT molecular complexity index is 1010. The van der Waals surface area contributed by atoms with E-state index in [1.807, 2.05) is 25.1 Å². The average Bonchev–Trinajstić information content (AvgIpc) is 2.59. The Labute approximate surface area is 148 Å². The van der Waals surface area contributed by atoms with Crippen molar-refractivity contribution in [3.63, 3.8) is 0 Å². The lowest BCUT2D eigenvalue weighted by molar-refractivity contribution is 0.171. The molecule has 1 aliphatic heterocycles. The van der Waals surface area contributed by atoms with Crippen LogP contribution in [-0.2, 0) is 6.61 Å². The summed E-state index contributed by atoms with van der Waals surface area (Å²) in [6.45, 7) is 3.16. The Hall–Kier alpha value is -2.66. The molecule has 25 heavy (non-hydrogen) atoms. The highest BCUT2D eigenvalue weighted by Crippen LogP contribution is 2.38. The average molecular weight is 359 g/mol. The fraction of sp³-hybridized carbons (Fsp3) is 0.211. The van der Waals surface area contributed by atoms with Gasteiger partial charge in [-0.15, -0.1) is 0 Å². The van der Waals surface area contributed by atoms with Crippen molar-refractivity contribution in [3.8, 4) is 17.2 Å². The maximum absolute atomic E-state index is 11.5. The molecule has 0 bridgehead atoms. The van der Waals surface area contributed by atoms with Gasteiger partial charge in [0.15, 0.2) is 11.5 Å². The largest absolute Gasteiger partial charge is 0.489 e. The summed E-state index contributed by atoms with van der Waals surface area (Å²) in [6, 6.07) is 10.5. The van der Waals surface area contributed by atoms with Crippen LogP contribution in [0.5, 0.6) is 17.2 Å². The molecule has 0 N–H and O–H groups in total. The van der Waals surface area contributed by atoms with Crippen LogP contribution in [0.25, 0.3) is 11.0 Å². The minimum absolute atomic E-state index is 0.303. The monoisotopic (exact) mass is 358 g/mol. The number of hydrogen-bond acceptors (Lipinski definition) is 5. The third kappa shape index (κ3) is 3.15. The number of hydrogen-bond donors (Lipinski definition) is 0. The van der Waals surface area contributed by atoms with Gasteiger partial charge in [-0.05, 0) is 42.3 Å². The Morgan fingerprint density at radius 3 is 2.84 bits per heavy atom. The van der Waals surface area contributed by atoms with Gasteiger partial charge in [0.2, 0.25) is 0 Å². The van der Waals surface area contributed by atoms with E-state index in [4.69, 9.17) is 30.2 Å². The Morgan fingerprint density at radius 1 is 1.12 bits per heavy atom. The molecule has 0 saturated heterocycles. The Morgan fingerprint density at radius 2 is 1.96 bits per heavy atom. The molecule has 128 valence electrons. The van der Waals surface area contributed by atoms with Crippen LogP contribution in [0.2, 0.25) is 5.02 Å². The number of aryl methyl sites for hydroxylation is 1. The molecule has 0 atom stereocenters. The van der Waals surface area contributed by atoms with Crippen molar-refractivity contribution in [3.05, 3.63) is 63.0 Å². The molecule has 1 aliphatic rings. The van der Waals surface area contributed by atoms with Crippen molar-refractivity contribution in [1.29, 1.82) is 0 Å². The Balaban J connectivity index is 1.58. The smallest absolute Gasteiger partial charge is 0.336 e. The molecule has 4 rings (SSSR count). The number of ether oxygens (including phenoxy) is 3. The molecule has 0 aliphatic carbocycles. The molecule has 0 amide bonds. The van der Waals surface area contributed by atoms with Gasteiger partial charge in [-0.25, -0.2) is 4.79 Å². The molecular weight excluding hydrogens is 344 g/mol. The second kappa shape index (κ2) is 6.33.